The summed E-state index contributed by atoms with van der Waals surface area (Å²) < 4.78 is 0. The highest BCUT2D eigenvalue weighted by molar-refractivity contribution is 6.42. The summed E-state index contributed by atoms with van der Waals surface area (Å²) in [6.45, 7) is 3.14. The summed E-state index contributed by atoms with van der Waals surface area (Å²) in [5.41, 5.74) is 2.48. The van der Waals surface area contributed by atoms with Crippen molar-refractivity contribution in [1.82, 2.24) is 20.0 Å². The van der Waals surface area contributed by atoms with Crippen molar-refractivity contribution in [1.29, 1.82) is 0 Å². The van der Waals surface area contributed by atoms with Crippen LogP contribution in [0.1, 0.15) is 46.7 Å². The van der Waals surface area contributed by atoms with Gasteiger partial charge in [-0.1, -0.05) is 77.8 Å². The largest absolute Gasteiger partial charge is 0.341 e. The van der Waals surface area contributed by atoms with Crippen molar-refractivity contribution in [2.24, 2.45) is 0 Å². The molecule has 3 amide bonds. The predicted molar refractivity (Wildman–Crippen MR) is 170 cm³/mol. The molecule has 3 aromatic rings. The summed E-state index contributed by atoms with van der Waals surface area (Å²) in [7, 11) is 5.39. The average Bonchev–Trinajstić information content (AvgIpc) is 2.97. The Kier molecular flexibility index (Phi) is 11.9. The molecule has 6 nitrogen and oxygen atoms in total. The van der Waals surface area contributed by atoms with Crippen molar-refractivity contribution in [2.75, 3.05) is 47.3 Å². The summed E-state index contributed by atoms with van der Waals surface area (Å²) in [5.74, 6) is 0.0783. The van der Waals surface area contributed by atoms with Crippen LogP contribution in [0.25, 0.3) is 0 Å². The van der Waals surface area contributed by atoms with Gasteiger partial charge in [-0.3, -0.25) is 4.79 Å². The van der Waals surface area contributed by atoms with Crippen LogP contribution in [-0.4, -0.2) is 74.0 Å². The van der Waals surface area contributed by atoms with E-state index in [-0.39, 0.29) is 30.3 Å². The number of nitrogens with one attached hydrogen (secondary N) is 1. The Morgan fingerprint density at radius 2 is 1.51 bits per heavy atom. The number of likely N-dealkylation sites (N-methyl/N-ethyl adjacent to an activating group) is 1. The van der Waals surface area contributed by atoms with Crippen LogP contribution < -0.4 is 5.32 Å². The van der Waals surface area contributed by atoms with Gasteiger partial charge in [0.25, 0.3) is 5.91 Å². The summed E-state index contributed by atoms with van der Waals surface area (Å²) in [6.07, 6.45) is 2.49. The molecule has 1 heterocycles. The van der Waals surface area contributed by atoms with Gasteiger partial charge in [0.1, 0.15) is 0 Å². The van der Waals surface area contributed by atoms with E-state index < -0.39 is 5.54 Å². The molecule has 1 N–H and O–H groups in total. The van der Waals surface area contributed by atoms with E-state index in [1.54, 1.807) is 23.9 Å². The number of nitrogens with zero attached hydrogens (tertiary/aromatic N) is 3. The van der Waals surface area contributed by atoms with Gasteiger partial charge in [-0.05, 0) is 61.2 Å². The average molecular weight is 618 g/mol. The lowest BCUT2D eigenvalue weighted by atomic mass is 9.80. The summed E-state index contributed by atoms with van der Waals surface area (Å²) in [6, 6.07) is 25.3. The van der Waals surface area contributed by atoms with E-state index in [0.29, 0.717) is 22.2 Å². The normalized spacial score (nSPS) is 15.3. The molecule has 1 atom stereocenters. The summed E-state index contributed by atoms with van der Waals surface area (Å²) in [5, 5.41) is 4.35. The van der Waals surface area contributed by atoms with Gasteiger partial charge in [0.15, 0.2) is 0 Å². The summed E-state index contributed by atoms with van der Waals surface area (Å²) >= 11 is 12.6. The van der Waals surface area contributed by atoms with Gasteiger partial charge in [-0.25, -0.2) is 4.79 Å². The number of halogens is 3. The van der Waals surface area contributed by atoms with E-state index in [1.165, 1.54) is 0 Å². The molecule has 0 bridgehead atoms. The molecule has 1 aliphatic rings. The molecule has 1 aliphatic heterocycles. The van der Waals surface area contributed by atoms with Crippen LogP contribution in [0.3, 0.4) is 0 Å². The predicted octanol–water partition coefficient (Wildman–Crippen LogP) is 6.92. The standard InChI is InChI=1S/C32H38Cl2N4O2.ClH/c1-36(2)31(40)35-32(27-12-8-5-9-13-27)17-20-38(21-18-32)19-16-26(25-14-15-28(33)29(34)22-25)23-37(3)30(39)24-10-6-4-7-11-24;/h4-15,22,26H,16-21,23H2,1-3H3,(H,35,40);1H. The van der Waals surface area contributed by atoms with Crippen molar-refractivity contribution in [3.05, 3.63) is 106 Å². The molecule has 0 saturated carbocycles. The molecule has 1 unspecified atom stereocenters. The van der Waals surface area contributed by atoms with Crippen LogP contribution in [0, 0.1) is 0 Å². The molecule has 220 valence electrons. The highest BCUT2D eigenvalue weighted by Gasteiger charge is 2.38. The second-order valence-electron chi connectivity index (χ2n) is 10.8. The number of hydrogen-bond donors (Lipinski definition) is 1. The zero-order valence-electron chi connectivity index (χ0n) is 23.9. The lowest BCUT2D eigenvalue weighted by Gasteiger charge is -2.43. The van der Waals surface area contributed by atoms with Gasteiger partial charge in [-0.2, -0.15) is 0 Å². The number of piperidine rings is 1. The van der Waals surface area contributed by atoms with Crippen LogP contribution >= 0.6 is 35.6 Å². The molecule has 0 aromatic heterocycles. The molecule has 0 aliphatic carbocycles. The van der Waals surface area contributed by atoms with Crippen LogP contribution in [-0.2, 0) is 5.54 Å². The third-order valence-corrected chi connectivity index (χ3v) is 8.60. The van der Waals surface area contributed by atoms with E-state index in [9.17, 15) is 9.59 Å². The van der Waals surface area contributed by atoms with E-state index in [0.717, 1.165) is 50.0 Å². The van der Waals surface area contributed by atoms with E-state index >= 15 is 0 Å². The fraction of sp³-hybridized carbons (Fsp3) is 0.375. The van der Waals surface area contributed by atoms with Gasteiger partial charge in [0.2, 0.25) is 0 Å². The first-order valence-corrected chi connectivity index (χ1v) is 14.5. The van der Waals surface area contributed by atoms with Crippen molar-refractivity contribution in [2.45, 2.75) is 30.7 Å². The van der Waals surface area contributed by atoms with Crippen LogP contribution in [0.5, 0.6) is 0 Å². The zero-order valence-corrected chi connectivity index (χ0v) is 26.2. The van der Waals surface area contributed by atoms with Crippen molar-refractivity contribution < 1.29 is 9.59 Å². The fourth-order valence-corrected chi connectivity index (χ4v) is 5.71. The van der Waals surface area contributed by atoms with Crippen molar-refractivity contribution in [3.8, 4) is 0 Å². The lowest BCUT2D eigenvalue weighted by molar-refractivity contribution is 0.0778. The number of hydrogen-bond acceptors (Lipinski definition) is 3. The molecule has 1 fully saturated rings. The maximum absolute atomic E-state index is 13.1. The van der Waals surface area contributed by atoms with Crippen LogP contribution in [0.4, 0.5) is 4.79 Å². The number of carbonyl (C=O) groups is 2. The Morgan fingerprint density at radius 1 is 0.902 bits per heavy atom. The molecular formula is C32H39Cl3N4O2. The minimum absolute atomic E-state index is 0. The molecule has 0 radical (unpaired) electrons. The molecule has 4 rings (SSSR count). The number of carbonyl (C=O) groups excluding carboxylic acids is 2. The number of amides is 3. The van der Waals surface area contributed by atoms with Crippen molar-refractivity contribution >= 4 is 47.5 Å². The van der Waals surface area contributed by atoms with Gasteiger partial charge >= 0.3 is 6.03 Å². The van der Waals surface area contributed by atoms with E-state index in [4.69, 9.17) is 23.2 Å². The second-order valence-corrected chi connectivity index (χ2v) is 11.6. The molecule has 3 aromatic carbocycles. The van der Waals surface area contributed by atoms with Gasteiger partial charge in [0, 0.05) is 52.3 Å². The zero-order chi connectivity index (χ0) is 28.7. The topological polar surface area (TPSA) is 55.9 Å². The number of likely N-dealkylation sites (tertiary alicyclic amines) is 1. The first-order chi connectivity index (χ1) is 19.2. The Bertz CT molecular complexity index is 1280. The quantitative estimate of drug-likeness (QED) is 0.284. The Hall–Kier alpha value is -2.77. The molecule has 1 saturated heterocycles. The highest BCUT2D eigenvalue weighted by atomic mass is 35.5. The smallest absolute Gasteiger partial charge is 0.317 e. The molecule has 9 heteroatoms. The summed E-state index contributed by atoms with van der Waals surface area (Å²) in [4.78, 5) is 31.6. The minimum atomic E-state index is -0.398. The third-order valence-electron chi connectivity index (χ3n) is 7.86. The number of rotatable bonds is 9. The van der Waals surface area contributed by atoms with Gasteiger partial charge < -0.3 is 20.0 Å². The molecule has 41 heavy (non-hydrogen) atoms. The van der Waals surface area contributed by atoms with E-state index in [2.05, 4.69) is 22.3 Å². The highest BCUT2D eigenvalue weighted by Crippen LogP contribution is 2.34. The first kappa shape index (κ1) is 32.7. The van der Waals surface area contributed by atoms with Gasteiger partial charge in [-0.15, -0.1) is 12.4 Å². The second kappa shape index (κ2) is 14.9. The maximum Gasteiger partial charge on any atom is 0.317 e. The van der Waals surface area contributed by atoms with Crippen molar-refractivity contribution in [3.63, 3.8) is 0 Å². The van der Waals surface area contributed by atoms with E-state index in [1.807, 2.05) is 73.8 Å². The number of benzene rings is 3. The Balaban J connectivity index is 0.00000462. The van der Waals surface area contributed by atoms with Gasteiger partial charge in [0.05, 0.1) is 15.6 Å². The lowest BCUT2D eigenvalue weighted by Crippen LogP contribution is -2.55. The monoisotopic (exact) mass is 616 g/mol. The van der Waals surface area contributed by atoms with Crippen LogP contribution in [0.15, 0.2) is 78.9 Å². The molecule has 0 spiro atoms. The number of urea groups is 1. The SMILES string of the molecule is CN(C)C(=O)NC1(c2ccccc2)CCN(CCC(CN(C)C(=O)c2ccccc2)c2ccc(Cl)c(Cl)c2)CC1.Cl. The Morgan fingerprint density at radius 3 is 2.10 bits per heavy atom. The first-order valence-electron chi connectivity index (χ1n) is 13.7. The minimum Gasteiger partial charge on any atom is -0.341 e. The Labute approximate surface area is 260 Å². The third kappa shape index (κ3) is 8.39. The fourth-order valence-electron chi connectivity index (χ4n) is 5.40. The van der Waals surface area contributed by atoms with Crippen LogP contribution in [0.2, 0.25) is 10.0 Å². The maximum atomic E-state index is 13.1. The molecular weight excluding hydrogens is 579 g/mol.